The molecule has 0 aromatic heterocycles. The molecule has 2 amide bonds. The Balaban J connectivity index is 2.23. The van der Waals surface area contributed by atoms with E-state index in [0.717, 1.165) is 25.0 Å². The van der Waals surface area contributed by atoms with Crippen LogP contribution in [0.15, 0.2) is 29.4 Å². The number of nitrogens with zero attached hydrogens (tertiary/aromatic N) is 1. The number of hydrogen-bond donors (Lipinski definition) is 2. The number of rotatable bonds is 2. The van der Waals surface area contributed by atoms with Crippen LogP contribution in [-0.4, -0.2) is 11.7 Å². The molecule has 4 nitrogen and oxygen atoms in total. The molecule has 2 rings (SSSR count). The lowest BCUT2D eigenvalue weighted by atomic mass is 9.80. The van der Waals surface area contributed by atoms with Gasteiger partial charge in [-0.05, 0) is 37.3 Å². The van der Waals surface area contributed by atoms with Gasteiger partial charge in [0, 0.05) is 11.6 Å². The molecule has 3 N–H and O–H groups in total. The Kier molecular flexibility index (Phi) is 3.42. The third kappa shape index (κ3) is 2.64. The molecule has 0 radical (unpaired) electrons. The molecular weight excluding hydrogens is 214 g/mol. The van der Waals surface area contributed by atoms with Crippen molar-refractivity contribution in [2.45, 2.75) is 32.1 Å². The average Bonchev–Trinajstić information content (AvgIpc) is 2.35. The highest BCUT2D eigenvalue weighted by Crippen LogP contribution is 2.32. The summed E-state index contributed by atoms with van der Waals surface area (Å²) in [6.45, 7) is 1.93. The molecule has 1 aromatic rings. The minimum absolute atomic E-state index is 0.298. The van der Waals surface area contributed by atoms with Crippen LogP contribution < -0.4 is 11.2 Å². The van der Waals surface area contributed by atoms with Crippen LogP contribution in [0.25, 0.3) is 0 Å². The van der Waals surface area contributed by atoms with E-state index >= 15 is 0 Å². The van der Waals surface area contributed by atoms with Gasteiger partial charge >= 0.3 is 6.03 Å². The van der Waals surface area contributed by atoms with Gasteiger partial charge in [-0.25, -0.2) is 10.2 Å². The van der Waals surface area contributed by atoms with Gasteiger partial charge in [-0.15, -0.1) is 0 Å². The summed E-state index contributed by atoms with van der Waals surface area (Å²) in [6.07, 6.45) is 3.36. The minimum Gasteiger partial charge on any atom is -0.350 e. The van der Waals surface area contributed by atoms with Crippen molar-refractivity contribution in [2.24, 2.45) is 10.8 Å². The molecule has 1 atom stereocenters. The largest absolute Gasteiger partial charge is 0.350 e. The van der Waals surface area contributed by atoms with Crippen LogP contribution in [0, 0.1) is 0 Å². The molecule has 0 saturated heterocycles. The Labute approximate surface area is 101 Å². The number of benzene rings is 1. The molecule has 0 heterocycles. The van der Waals surface area contributed by atoms with Crippen molar-refractivity contribution in [2.75, 3.05) is 0 Å². The van der Waals surface area contributed by atoms with Crippen LogP contribution in [0.4, 0.5) is 4.79 Å². The van der Waals surface area contributed by atoms with Crippen LogP contribution in [0.1, 0.15) is 36.8 Å². The molecule has 0 bridgehead atoms. The first-order valence-electron chi connectivity index (χ1n) is 5.86. The van der Waals surface area contributed by atoms with Gasteiger partial charge in [0.1, 0.15) is 0 Å². The number of amides is 2. The van der Waals surface area contributed by atoms with Crippen LogP contribution in [0.5, 0.6) is 0 Å². The van der Waals surface area contributed by atoms with Crippen molar-refractivity contribution in [1.29, 1.82) is 0 Å². The lowest BCUT2D eigenvalue weighted by Gasteiger charge is -2.25. The Hall–Kier alpha value is -1.84. The van der Waals surface area contributed by atoms with Crippen molar-refractivity contribution in [3.63, 3.8) is 0 Å². The van der Waals surface area contributed by atoms with Gasteiger partial charge < -0.3 is 5.73 Å². The molecule has 0 saturated carbocycles. The predicted molar refractivity (Wildman–Crippen MR) is 67.9 cm³/mol. The van der Waals surface area contributed by atoms with E-state index in [1.54, 1.807) is 0 Å². The lowest BCUT2D eigenvalue weighted by molar-refractivity contribution is 0.249. The molecule has 4 heteroatoms. The summed E-state index contributed by atoms with van der Waals surface area (Å²) in [5.74, 6) is 0.298. The van der Waals surface area contributed by atoms with Crippen molar-refractivity contribution >= 4 is 11.7 Å². The standard InChI is InChI=1S/C13H17N3O/c1-9(15-16-13(14)17)11-8-4-6-10-5-2-3-7-12(10)11/h2-3,5,7,11H,4,6,8H2,1H3,(H3,14,16,17)/b15-9+/t11-/m0/s1. The second kappa shape index (κ2) is 4.99. The summed E-state index contributed by atoms with van der Waals surface area (Å²) in [7, 11) is 0. The van der Waals surface area contributed by atoms with Gasteiger partial charge in [-0.2, -0.15) is 5.10 Å². The van der Waals surface area contributed by atoms with E-state index in [1.165, 1.54) is 11.1 Å². The topological polar surface area (TPSA) is 67.5 Å². The fourth-order valence-electron chi connectivity index (χ4n) is 2.41. The summed E-state index contributed by atoms with van der Waals surface area (Å²) < 4.78 is 0. The van der Waals surface area contributed by atoms with Crippen molar-refractivity contribution in [1.82, 2.24) is 5.43 Å². The summed E-state index contributed by atoms with van der Waals surface area (Å²) in [6, 6.07) is 7.80. The fraction of sp³-hybridized carbons (Fsp3) is 0.385. The molecule has 0 spiro atoms. The lowest BCUT2D eigenvalue weighted by Crippen LogP contribution is -2.27. The first-order chi connectivity index (χ1) is 8.18. The van der Waals surface area contributed by atoms with E-state index in [2.05, 4.69) is 28.7 Å². The van der Waals surface area contributed by atoms with E-state index in [1.807, 2.05) is 13.0 Å². The molecule has 90 valence electrons. The zero-order valence-corrected chi connectivity index (χ0v) is 9.94. The van der Waals surface area contributed by atoms with Gasteiger partial charge in [0.25, 0.3) is 0 Å². The average molecular weight is 231 g/mol. The zero-order chi connectivity index (χ0) is 12.3. The SMILES string of the molecule is C/C(=N\NC(N)=O)[C@@H]1CCCc2ccccc21. The van der Waals surface area contributed by atoms with Crippen LogP contribution >= 0.6 is 0 Å². The summed E-state index contributed by atoms with van der Waals surface area (Å²) in [5, 5.41) is 4.04. The second-order valence-electron chi connectivity index (χ2n) is 4.37. The fourth-order valence-corrected chi connectivity index (χ4v) is 2.41. The Morgan fingerprint density at radius 3 is 3.00 bits per heavy atom. The Morgan fingerprint density at radius 1 is 1.47 bits per heavy atom. The number of nitrogens with two attached hydrogens (primary N) is 1. The van der Waals surface area contributed by atoms with Crippen molar-refractivity contribution in [3.05, 3.63) is 35.4 Å². The quantitative estimate of drug-likeness (QED) is 0.594. The third-order valence-corrected chi connectivity index (χ3v) is 3.22. The highest BCUT2D eigenvalue weighted by atomic mass is 16.2. The minimum atomic E-state index is -0.617. The number of carbonyl (C=O) groups excluding carboxylic acids is 1. The maximum Gasteiger partial charge on any atom is 0.332 e. The highest BCUT2D eigenvalue weighted by Gasteiger charge is 2.22. The van der Waals surface area contributed by atoms with Gasteiger partial charge in [0.05, 0.1) is 0 Å². The number of fused-ring (bicyclic) bond motifs is 1. The number of primary amides is 1. The summed E-state index contributed by atoms with van der Waals surface area (Å²) >= 11 is 0. The van der Waals surface area contributed by atoms with E-state index in [0.29, 0.717) is 5.92 Å². The van der Waals surface area contributed by atoms with Crippen LogP contribution in [0.2, 0.25) is 0 Å². The molecule has 1 aromatic carbocycles. The predicted octanol–water partition coefficient (Wildman–Crippen LogP) is 2.15. The van der Waals surface area contributed by atoms with Crippen molar-refractivity contribution in [3.8, 4) is 0 Å². The zero-order valence-electron chi connectivity index (χ0n) is 9.94. The summed E-state index contributed by atoms with van der Waals surface area (Å²) in [4.78, 5) is 10.6. The monoisotopic (exact) mass is 231 g/mol. The molecule has 0 fully saturated rings. The molecule has 17 heavy (non-hydrogen) atoms. The van der Waals surface area contributed by atoms with E-state index in [-0.39, 0.29) is 0 Å². The van der Waals surface area contributed by atoms with E-state index in [4.69, 9.17) is 5.73 Å². The van der Waals surface area contributed by atoms with Gasteiger partial charge in [-0.3, -0.25) is 0 Å². The number of carbonyl (C=O) groups is 1. The van der Waals surface area contributed by atoms with Crippen molar-refractivity contribution < 1.29 is 4.79 Å². The number of hydrogen-bond acceptors (Lipinski definition) is 2. The Bertz CT molecular complexity index is 454. The summed E-state index contributed by atoms with van der Waals surface area (Å²) in [5.41, 5.74) is 10.9. The normalized spacial score (nSPS) is 19.6. The Morgan fingerprint density at radius 2 is 2.24 bits per heavy atom. The molecule has 0 unspecified atom stereocenters. The van der Waals surface area contributed by atoms with E-state index in [9.17, 15) is 4.79 Å². The van der Waals surface area contributed by atoms with Gasteiger partial charge in [0.15, 0.2) is 0 Å². The van der Waals surface area contributed by atoms with E-state index < -0.39 is 6.03 Å². The molecule has 1 aliphatic rings. The van der Waals surface area contributed by atoms with Gasteiger partial charge in [-0.1, -0.05) is 24.3 Å². The molecule has 0 aliphatic heterocycles. The molecular formula is C13H17N3O. The number of urea groups is 1. The third-order valence-electron chi connectivity index (χ3n) is 3.22. The smallest absolute Gasteiger partial charge is 0.332 e. The maximum absolute atomic E-state index is 10.6. The van der Waals surface area contributed by atoms with Crippen LogP contribution in [-0.2, 0) is 6.42 Å². The van der Waals surface area contributed by atoms with Crippen LogP contribution in [0.3, 0.4) is 0 Å². The second-order valence-corrected chi connectivity index (χ2v) is 4.37. The van der Waals surface area contributed by atoms with Gasteiger partial charge in [0.2, 0.25) is 0 Å². The number of hydrazone groups is 1. The highest BCUT2D eigenvalue weighted by molar-refractivity contribution is 5.90. The number of nitrogens with one attached hydrogen (secondary N) is 1. The first kappa shape index (κ1) is 11.6. The molecule has 1 aliphatic carbocycles. The maximum atomic E-state index is 10.6. The first-order valence-corrected chi connectivity index (χ1v) is 5.86. The number of aryl methyl sites for hydroxylation is 1.